The van der Waals surface area contributed by atoms with Crippen LogP contribution in [0.3, 0.4) is 0 Å². The van der Waals surface area contributed by atoms with Crippen LogP contribution in [-0.2, 0) is 4.79 Å². The Hall–Kier alpha value is -1.49. The van der Waals surface area contributed by atoms with Crippen molar-refractivity contribution in [2.45, 2.75) is 45.4 Å². The number of hydrogen-bond acceptors (Lipinski definition) is 3. The van der Waals surface area contributed by atoms with Crippen LogP contribution in [0.15, 0.2) is 24.4 Å². The lowest BCUT2D eigenvalue weighted by molar-refractivity contribution is -0.148. The lowest BCUT2D eigenvalue weighted by Gasteiger charge is -2.39. The summed E-state index contributed by atoms with van der Waals surface area (Å²) in [6.07, 6.45) is 7.41. The molecule has 0 radical (unpaired) electrons. The maximum absolute atomic E-state index is 12.0. The molecule has 0 bridgehead atoms. The molecule has 0 saturated heterocycles. The molecule has 21 heavy (non-hydrogen) atoms. The van der Waals surface area contributed by atoms with Gasteiger partial charge in [0.2, 0.25) is 0 Å². The van der Waals surface area contributed by atoms with Crippen LogP contribution in [0.1, 0.15) is 45.4 Å². The van der Waals surface area contributed by atoms with Gasteiger partial charge in [0.15, 0.2) is 0 Å². The van der Waals surface area contributed by atoms with Gasteiger partial charge in [0.25, 0.3) is 0 Å². The number of thiocarbonyl (C=S) groups is 1. The number of carboxylic acids is 1. The van der Waals surface area contributed by atoms with Crippen LogP contribution in [0.2, 0.25) is 0 Å². The first-order chi connectivity index (χ1) is 10.1. The van der Waals surface area contributed by atoms with Crippen molar-refractivity contribution in [1.82, 2.24) is 4.98 Å². The van der Waals surface area contributed by atoms with Crippen molar-refractivity contribution in [1.29, 1.82) is 0 Å². The normalized spacial score (nSPS) is 18.7. The Morgan fingerprint density at radius 2 is 2.14 bits per heavy atom. The number of aromatic nitrogens is 1. The molecule has 0 spiro atoms. The van der Waals surface area contributed by atoms with Gasteiger partial charge < -0.3 is 10.4 Å². The Morgan fingerprint density at radius 3 is 2.67 bits per heavy atom. The molecule has 4 nitrogen and oxygen atoms in total. The molecule has 1 atom stereocenters. The van der Waals surface area contributed by atoms with Crippen molar-refractivity contribution < 1.29 is 9.90 Å². The van der Waals surface area contributed by atoms with E-state index in [1.165, 1.54) is 6.42 Å². The molecule has 1 aromatic heterocycles. The Balaban J connectivity index is 2.26. The minimum Gasteiger partial charge on any atom is -0.481 e. The van der Waals surface area contributed by atoms with Crippen LogP contribution in [-0.4, -0.2) is 21.0 Å². The van der Waals surface area contributed by atoms with Crippen LogP contribution < -0.4 is 5.32 Å². The Kier molecular flexibility index (Phi) is 5.28. The van der Waals surface area contributed by atoms with Crippen molar-refractivity contribution in [3.05, 3.63) is 24.4 Å². The zero-order valence-electron chi connectivity index (χ0n) is 12.3. The highest BCUT2D eigenvalue weighted by molar-refractivity contribution is 7.80. The second kappa shape index (κ2) is 6.98. The third kappa shape index (κ3) is 3.23. The zero-order chi connectivity index (χ0) is 15.3. The van der Waals surface area contributed by atoms with Gasteiger partial charge in [-0.1, -0.05) is 44.5 Å². The largest absolute Gasteiger partial charge is 0.481 e. The van der Waals surface area contributed by atoms with Gasteiger partial charge in [-0.3, -0.25) is 4.79 Å². The lowest BCUT2D eigenvalue weighted by atomic mass is 9.67. The predicted molar refractivity (Wildman–Crippen MR) is 87.4 cm³/mol. The highest BCUT2D eigenvalue weighted by Gasteiger charge is 2.48. The second-order valence-electron chi connectivity index (χ2n) is 5.63. The van der Waals surface area contributed by atoms with Gasteiger partial charge >= 0.3 is 5.97 Å². The molecule has 1 heterocycles. The maximum atomic E-state index is 12.0. The van der Waals surface area contributed by atoms with Crippen LogP contribution in [0.4, 0.5) is 5.82 Å². The average molecular weight is 306 g/mol. The number of nitrogens with one attached hydrogen (secondary N) is 1. The summed E-state index contributed by atoms with van der Waals surface area (Å²) < 4.78 is 0. The number of pyridine rings is 1. The van der Waals surface area contributed by atoms with E-state index < -0.39 is 11.4 Å². The maximum Gasteiger partial charge on any atom is 0.316 e. The van der Waals surface area contributed by atoms with Crippen LogP contribution >= 0.6 is 12.2 Å². The van der Waals surface area contributed by atoms with Crippen molar-refractivity contribution >= 4 is 29.0 Å². The molecule has 1 saturated carbocycles. The van der Waals surface area contributed by atoms with Gasteiger partial charge in [-0.15, -0.1) is 0 Å². The zero-order valence-corrected chi connectivity index (χ0v) is 13.2. The summed E-state index contributed by atoms with van der Waals surface area (Å²) in [5.74, 6) is -0.0971. The third-order valence-corrected chi connectivity index (χ3v) is 5.02. The molecule has 1 aliphatic rings. The molecule has 0 amide bonds. The lowest BCUT2D eigenvalue weighted by Crippen LogP contribution is -2.48. The number of rotatable bonds is 5. The first-order valence-corrected chi connectivity index (χ1v) is 7.98. The van der Waals surface area contributed by atoms with E-state index in [0.29, 0.717) is 17.2 Å². The number of aliphatic carboxylic acids is 1. The van der Waals surface area contributed by atoms with Gasteiger partial charge in [-0.25, -0.2) is 4.98 Å². The summed E-state index contributed by atoms with van der Waals surface area (Å²) >= 11 is 5.49. The Morgan fingerprint density at radius 1 is 1.43 bits per heavy atom. The fraction of sp³-hybridized carbons (Fsp3) is 0.562. The topological polar surface area (TPSA) is 62.2 Å². The van der Waals surface area contributed by atoms with Crippen LogP contribution in [0, 0.1) is 11.3 Å². The van der Waals surface area contributed by atoms with E-state index in [1.54, 1.807) is 12.3 Å². The molecule has 0 aliphatic heterocycles. The average Bonchev–Trinajstić information content (AvgIpc) is 2.50. The van der Waals surface area contributed by atoms with Crippen molar-refractivity contribution in [3.8, 4) is 0 Å². The number of anilines is 1. The Bertz CT molecular complexity index is 500. The highest BCUT2D eigenvalue weighted by Crippen LogP contribution is 2.43. The third-order valence-electron chi connectivity index (χ3n) is 4.55. The van der Waals surface area contributed by atoms with Gasteiger partial charge in [-0.2, -0.15) is 0 Å². The summed E-state index contributed by atoms with van der Waals surface area (Å²) in [5.41, 5.74) is -0.979. The molecule has 1 unspecified atom stereocenters. The van der Waals surface area contributed by atoms with Gasteiger partial charge in [0.05, 0.1) is 4.99 Å². The summed E-state index contributed by atoms with van der Waals surface area (Å²) in [5, 5.41) is 12.9. The van der Waals surface area contributed by atoms with E-state index in [4.69, 9.17) is 12.2 Å². The number of hydrogen-bond donors (Lipinski definition) is 2. The van der Waals surface area contributed by atoms with Gasteiger partial charge in [0, 0.05) is 6.20 Å². The fourth-order valence-electron chi connectivity index (χ4n) is 3.32. The van der Waals surface area contributed by atoms with E-state index in [2.05, 4.69) is 10.3 Å². The van der Waals surface area contributed by atoms with E-state index in [9.17, 15) is 9.90 Å². The molecule has 5 heteroatoms. The van der Waals surface area contributed by atoms with Crippen LogP contribution in [0.5, 0.6) is 0 Å². The van der Waals surface area contributed by atoms with E-state index >= 15 is 0 Å². The number of carbonyl (C=O) groups is 1. The molecule has 2 N–H and O–H groups in total. The molecule has 1 aromatic rings. The summed E-state index contributed by atoms with van der Waals surface area (Å²) in [4.78, 5) is 16.6. The second-order valence-corrected chi connectivity index (χ2v) is 6.04. The molecule has 114 valence electrons. The summed E-state index contributed by atoms with van der Waals surface area (Å²) in [6, 6.07) is 5.47. The minimum atomic E-state index is -0.979. The number of nitrogens with zero attached hydrogens (tertiary/aromatic N) is 1. The smallest absolute Gasteiger partial charge is 0.316 e. The quantitative estimate of drug-likeness (QED) is 0.808. The molecule has 1 fully saturated rings. The van der Waals surface area contributed by atoms with Crippen molar-refractivity contribution in [2.24, 2.45) is 11.3 Å². The van der Waals surface area contributed by atoms with E-state index in [-0.39, 0.29) is 5.92 Å². The predicted octanol–water partition coefficient (Wildman–Crippen LogP) is 3.88. The SMILES string of the molecule is CCC(C(=O)O)(C(=S)Nc1ccccn1)C1CCCCC1. The minimum absolute atomic E-state index is 0.109. The highest BCUT2D eigenvalue weighted by atomic mass is 32.1. The van der Waals surface area contributed by atoms with E-state index in [1.807, 2.05) is 19.1 Å². The first-order valence-electron chi connectivity index (χ1n) is 7.57. The molecule has 0 aromatic carbocycles. The Labute approximate surface area is 131 Å². The van der Waals surface area contributed by atoms with Gasteiger partial charge in [-0.05, 0) is 37.3 Å². The number of carboxylic acid groups (broad SMARTS) is 1. The molecule has 2 rings (SSSR count). The molecular weight excluding hydrogens is 284 g/mol. The summed E-state index contributed by atoms with van der Waals surface area (Å²) in [6.45, 7) is 1.91. The monoisotopic (exact) mass is 306 g/mol. The van der Waals surface area contributed by atoms with Gasteiger partial charge in [0.1, 0.15) is 11.2 Å². The van der Waals surface area contributed by atoms with E-state index in [0.717, 1.165) is 25.7 Å². The van der Waals surface area contributed by atoms with Crippen molar-refractivity contribution in [3.63, 3.8) is 0 Å². The summed E-state index contributed by atoms with van der Waals surface area (Å²) in [7, 11) is 0. The van der Waals surface area contributed by atoms with Crippen LogP contribution in [0.25, 0.3) is 0 Å². The fourth-order valence-corrected chi connectivity index (χ4v) is 3.82. The molecular formula is C16H22N2O2S. The molecule has 1 aliphatic carbocycles. The first kappa shape index (κ1) is 15.9. The standard InChI is InChI=1S/C16H22N2O2S/c1-2-16(15(19)20,12-8-4-3-5-9-12)14(21)18-13-10-6-7-11-17-13/h6-7,10-12H,2-5,8-9H2,1H3,(H,19,20)(H,17,18,21). The van der Waals surface area contributed by atoms with Crippen molar-refractivity contribution in [2.75, 3.05) is 5.32 Å².